The molecule has 1 saturated carbocycles. The Kier molecular flexibility index (Phi) is 4.71. The van der Waals surface area contributed by atoms with Gasteiger partial charge in [0.1, 0.15) is 6.04 Å². The molecule has 0 aliphatic heterocycles. The predicted octanol–water partition coefficient (Wildman–Crippen LogP) is 0.853. The molecule has 0 saturated heterocycles. The molecule has 0 aromatic heterocycles. The molecule has 0 unspecified atom stereocenters. The fourth-order valence-corrected chi connectivity index (χ4v) is 4.05. The lowest BCUT2D eigenvalue weighted by molar-refractivity contribution is -0.138. The van der Waals surface area contributed by atoms with Gasteiger partial charge in [0, 0.05) is 0 Å². The zero-order valence-corrected chi connectivity index (χ0v) is 11.2. The number of carboxylic acids is 1. The Bertz CT molecular complexity index is 446. The molecule has 1 rings (SSSR count). The van der Waals surface area contributed by atoms with Gasteiger partial charge < -0.3 is 5.11 Å². The van der Waals surface area contributed by atoms with Crippen molar-refractivity contribution in [1.82, 2.24) is 4.72 Å². The second-order valence-corrected chi connectivity index (χ2v) is 6.64. The molecule has 0 heterocycles. The molecule has 1 aliphatic rings. The van der Waals surface area contributed by atoms with E-state index in [1.807, 2.05) is 0 Å². The van der Waals surface area contributed by atoms with Gasteiger partial charge in [-0.05, 0) is 19.8 Å². The van der Waals surface area contributed by atoms with Gasteiger partial charge in [0.25, 0.3) is 0 Å². The molecule has 18 heavy (non-hydrogen) atoms. The highest BCUT2D eigenvalue weighted by molar-refractivity contribution is 7.89. The van der Waals surface area contributed by atoms with Crippen LogP contribution in [-0.4, -0.2) is 31.3 Å². The SMILES string of the molecule is C[C@@H](NS(=O)(=O)CC1(C#N)CCCCC1)C(=O)O. The highest BCUT2D eigenvalue weighted by Crippen LogP contribution is 2.36. The molecule has 0 spiro atoms. The minimum atomic E-state index is -3.75. The van der Waals surface area contributed by atoms with Crippen LogP contribution in [0.5, 0.6) is 0 Å². The molecule has 1 fully saturated rings. The lowest BCUT2D eigenvalue weighted by Crippen LogP contribution is -2.43. The molecular formula is C11H18N2O4S. The first-order valence-electron chi connectivity index (χ1n) is 5.94. The van der Waals surface area contributed by atoms with Crippen molar-refractivity contribution in [3.63, 3.8) is 0 Å². The van der Waals surface area contributed by atoms with Crippen LogP contribution < -0.4 is 4.72 Å². The smallest absolute Gasteiger partial charge is 0.321 e. The normalized spacial score (nSPS) is 20.9. The van der Waals surface area contributed by atoms with Crippen LogP contribution in [0.3, 0.4) is 0 Å². The largest absolute Gasteiger partial charge is 0.480 e. The Hall–Kier alpha value is -1.13. The Morgan fingerprint density at radius 3 is 2.44 bits per heavy atom. The van der Waals surface area contributed by atoms with Crippen LogP contribution in [0.2, 0.25) is 0 Å². The molecule has 0 amide bonds. The Morgan fingerprint density at radius 1 is 1.44 bits per heavy atom. The summed E-state index contributed by atoms with van der Waals surface area (Å²) in [5.74, 6) is -1.54. The van der Waals surface area contributed by atoms with Crippen LogP contribution in [0.15, 0.2) is 0 Å². The zero-order chi connectivity index (χ0) is 13.8. The maximum atomic E-state index is 11.9. The fourth-order valence-electron chi connectivity index (χ4n) is 2.24. The van der Waals surface area contributed by atoms with Crippen molar-refractivity contribution >= 4 is 16.0 Å². The van der Waals surface area contributed by atoms with Gasteiger partial charge in [-0.1, -0.05) is 19.3 Å². The van der Waals surface area contributed by atoms with Crippen LogP contribution in [0, 0.1) is 16.7 Å². The van der Waals surface area contributed by atoms with Crippen LogP contribution in [0.25, 0.3) is 0 Å². The van der Waals surface area contributed by atoms with E-state index in [-0.39, 0.29) is 5.75 Å². The van der Waals surface area contributed by atoms with Gasteiger partial charge in [-0.2, -0.15) is 5.26 Å². The number of carbonyl (C=O) groups is 1. The number of carboxylic acid groups (broad SMARTS) is 1. The van der Waals surface area contributed by atoms with E-state index in [4.69, 9.17) is 5.11 Å². The summed E-state index contributed by atoms with van der Waals surface area (Å²) >= 11 is 0. The standard InChI is InChI=1S/C11H18N2O4S/c1-9(10(14)15)13-18(16,17)8-11(7-12)5-3-2-4-6-11/h9,13H,2-6,8H2,1H3,(H,14,15)/t9-/m1/s1. The van der Waals surface area contributed by atoms with Crippen molar-refractivity contribution in [3.8, 4) is 6.07 Å². The third-order valence-corrected chi connectivity index (χ3v) is 4.89. The molecule has 0 bridgehead atoms. The van der Waals surface area contributed by atoms with Crippen molar-refractivity contribution in [2.45, 2.75) is 45.1 Å². The van der Waals surface area contributed by atoms with E-state index in [1.54, 1.807) is 0 Å². The lowest BCUT2D eigenvalue weighted by atomic mass is 9.77. The van der Waals surface area contributed by atoms with Gasteiger partial charge in [-0.15, -0.1) is 0 Å². The molecule has 1 atom stereocenters. The number of hydrogen-bond acceptors (Lipinski definition) is 4. The van der Waals surface area contributed by atoms with E-state index >= 15 is 0 Å². The number of nitrogens with one attached hydrogen (secondary N) is 1. The number of sulfonamides is 1. The summed E-state index contributed by atoms with van der Waals surface area (Å²) in [7, 11) is -3.75. The average Bonchev–Trinajstić information content (AvgIpc) is 2.28. The highest BCUT2D eigenvalue weighted by Gasteiger charge is 2.37. The van der Waals surface area contributed by atoms with Gasteiger partial charge in [0.05, 0.1) is 17.2 Å². The predicted molar refractivity (Wildman–Crippen MR) is 65.2 cm³/mol. The highest BCUT2D eigenvalue weighted by atomic mass is 32.2. The molecule has 0 aromatic carbocycles. The van der Waals surface area contributed by atoms with E-state index in [0.717, 1.165) is 19.3 Å². The molecule has 0 aromatic rings. The molecule has 7 heteroatoms. The third-order valence-electron chi connectivity index (χ3n) is 3.24. The van der Waals surface area contributed by atoms with Gasteiger partial charge in [0.15, 0.2) is 0 Å². The summed E-state index contributed by atoms with van der Waals surface area (Å²) in [4.78, 5) is 10.6. The fraction of sp³-hybridized carbons (Fsp3) is 0.818. The average molecular weight is 274 g/mol. The van der Waals surface area contributed by atoms with Crippen molar-refractivity contribution in [2.75, 3.05) is 5.75 Å². The molecule has 102 valence electrons. The molecule has 2 N–H and O–H groups in total. The third kappa shape index (κ3) is 3.96. The molecular weight excluding hydrogens is 256 g/mol. The quantitative estimate of drug-likeness (QED) is 0.773. The summed E-state index contributed by atoms with van der Waals surface area (Å²) in [6.45, 7) is 1.26. The van der Waals surface area contributed by atoms with Crippen LogP contribution in [-0.2, 0) is 14.8 Å². The van der Waals surface area contributed by atoms with E-state index in [2.05, 4.69) is 10.8 Å². The molecule has 6 nitrogen and oxygen atoms in total. The van der Waals surface area contributed by atoms with Gasteiger partial charge in [-0.25, -0.2) is 13.1 Å². The summed E-state index contributed by atoms with van der Waals surface area (Å²) in [5, 5.41) is 17.9. The minimum absolute atomic E-state index is 0.311. The van der Waals surface area contributed by atoms with E-state index in [0.29, 0.717) is 12.8 Å². The zero-order valence-electron chi connectivity index (χ0n) is 10.3. The molecule has 0 radical (unpaired) electrons. The van der Waals surface area contributed by atoms with E-state index < -0.39 is 27.4 Å². The summed E-state index contributed by atoms with van der Waals surface area (Å²) < 4.78 is 25.8. The Morgan fingerprint density at radius 2 is 2.00 bits per heavy atom. The first-order valence-corrected chi connectivity index (χ1v) is 7.60. The number of aliphatic carboxylic acids is 1. The van der Waals surface area contributed by atoms with Crippen molar-refractivity contribution < 1.29 is 18.3 Å². The maximum Gasteiger partial charge on any atom is 0.321 e. The second-order valence-electron chi connectivity index (χ2n) is 4.89. The van der Waals surface area contributed by atoms with Crippen LogP contribution >= 0.6 is 0 Å². The maximum absolute atomic E-state index is 11.9. The van der Waals surface area contributed by atoms with Crippen LogP contribution in [0.4, 0.5) is 0 Å². The number of nitrogens with zero attached hydrogens (tertiary/aromatic N) is 1. The number of nitriles is 1. The molecule has 1 aliphatic carbocycles. The van der Waals surface area contributed by atoms with Crippen molar-refractivity contribution in [1.29, 1.82) is 5.26 Å². The van der Waals surface area contributed by atoms with Gasteiger partial charge >= 0.3 is 5.97 Å². The first kappa shape index (κ1) is 14.9. The van der Waals surface area contributed by atoms with E-state index in [1.165, 1.54) is 6.92 Å². The number of hydrogen-bond donors (Lipinski definition) is 2. The lowest BCUT2D eigenvalue weighted by Gasteiger charge is -2.30. The van der Waals surface area contributed by atoms with Crippen molar-refractivity contribution in [2.24, 2.45) is 5.41 Å². The van der Waals surface area contributed by atoms with Crippen LogP contribution in [0.1, 0.15) is 39.0 Å². The Balaban J connectivity index is 2.75. The topological polar surface area (TPSA) is 107 Å². The Labute approximate surface area is 107 Å². The van der Waals surface area contributed by atoms with Crippen molar-refractivity contribution in [3.05, 3.63) is 0 Å². The monoisotopic (exact) mass is 274 g/mol. The second kappa shape index (κ2) is 5.67. The van der Waals surface area contributed by atoms with E-state index in [9.17, 15) is 18.5 Å². The number of rotatable bonds is 5. The summed E-state index contributed by atoms with van der Waals surface area (Å²) in [5.41, 5.74) is -0.859. The summed E-state index contributed by atoms with van der Waals surface area (Å²) in [6.07, 6.45) is 3.83. The minimum Gasteiger partial charge on any atom is -0.480 e. The summed E-state index contributed by atoms with van der Waals surface area (Å²) in [6, 6.07) is 0.937. The first-order chi connectivity index (χ1) is 8.30. The van der Waals surface area contributed by atoms with Gasteiger partial charge in [-0.3, -0.25) is 4.79 Å². The van der Waals surface area contributed by atoms with Gasteiger partial charge in [0.2, 0.25) is 10.0 Å².